The number of halogens is 1. The summed E-state index contributed by atoms with van der Waals surface area (Å²) in [4.78, 5) is 6.76. The third kappa shape index (κ3) is 3.79. The molecule has 124 valence electrons. The summed E-state index contributed by atoms with van der Waals surface area (Å²) < 4.78 is 18.8. The molecule has 0 bridgehead atoms. The quantitative estimate of drug-likeness (QED) is 0.915. The van der Waals surface area contributed by atoms with Gasteiger partial charge in [-0.2, -0.15) is 0 Å². The molecule has 1 N–H and O–H groups in total. The highest BCUT2D eigenvalue weighted by Crippen LogP contribution is 2.25. The molecule has 4 nitrogen and oxygen atoms in total. The molecule has 23 heavy (non-hydrogen) atoms. The molecule has 0 aliphatic carbocycles. The van der Waals surface area contributed by atoms with Gasteiger partial charge < -0.3 is 9.52 Å². The number of piperidine rings is 1. The number of aliphatic hydroxyl groups is 1. The van der Waals surface area contributed by atoms with Crippen molar-refractivity contribution in [2.75, 3.05) is 6.54 Å². The number of rotatable bonds is 5. The monoisotopic (exact) mass is 318 g/mol. The minimum Gasteiger partial charge on any atom is -0.444 e. The van der Waals surface area contributed by atoms with E-state index in [1.807, 2.05) is 6.92 Å². The van der Waals surface area contributed by atoms with Gasteiger partial charge in [0, 0.05) is 18.2 Å². The molecule has 0 radical (unpaired) electrons. The Balaban J connectivity index is 1.73. The van der Waals surface area contributed by atoms with E-state index in [4.69, 9.17) is 4.42 Å². The number of aromatic nitrogens is 1. The van der Waals surface area contributed by atoms with Crippen LogP contribution in [0.4, 0.5) is 4.39 Å². The summed E-state index contributed by atoms with van der Waals surface area (Å²) in [7, 11) is 0. The first-order valence-corrected chi connectivity index (χ1v) is 8.30. The molecule has 1 saturated heterocycles. The van der Waals surface area contributed by atoms with Crippen LogP contribution >= 0.6 is 0 Å². The summed E-state index contributed by atoms with van der Waals surface area (Å²) in [5, 5.41) is 10.2. The van der Waals surface area contributed by atoms with Crippen molar-refractivity contribution in [2.24, 2.45) is 0 Å². The van der Waals surface area contributed by atoms with E-state index < -0.39 is 0 Å². The number of hydrogen-bond donors (Lipinski definition) is 1. The van der Waals surface area contributed by atoms with E-state index in [-0.39, 0.29) is 18.0 Å². The lowest BCUT2D eigenvalue weighted by atomic mass is 9.96. The van der Waals surface area contributed by atoms with E-state index in [0.29, 0.717) is 18.0 Å². The third-order valence-electron chi connectivity index (χ3n) is 4.52. The van der Waals surface area contributed by atoms with E-state index >= 15 is 0 Å². The highest BCUT2D eigenvalue weighted by atomic mass is 19.1. The zero-order valence-corrected chi connectivity index (χ0v) is 13.4. The topological polar surface area (TPSA) is 49.5 Å². The van der Waals surface area contributed by atoms with E-state index in [2.05, 4.69) is 9.88 Å². The molecule has 2 heterocycles. The average molecular weight is 318 g/mol. The maximum atomic E-state index is 13.3. The zero-order chi connectivity index (χ0) is 16.2. The van der Waals surface area contributed by atoms with Crippen molar-refractivity contribution >= 4 is 0 Å². The van der Waals surface area contributed by atoms with Gasteiger partial charge in [0.05, 0.1) is 11.8 Å². The Kier molecular flexibility index (Phi) is 5.08. The van der Waals surface area contributed by atoms with Crippen LogP contribution < -0.4 is 0 Å². The van der Waals surface area contributed by atoms with Gasteiger partial charge in [0.1, 0.15) is 12.1 Å². The number of benzene rings is 1. The molecule has 1 aromatic heterocycles. The second-order valence-corrected chi connectivity index (χ2v) is 6.16. The standard InChI is InChI=1S/C18H23FN2O2/c1-2-17(22)16-8-3-4-9-21(16)11-15-12-23-18(20-15)13-6-5-7-14(19)10-13/h5-7,10,12,16-17,22H,2-4,8-9,11H2,1H3. The fourth-order valence-corrected chi connectivity index (χ4v) is 3.26. The molecule has 2 unspecified atom stereocenters. The lowest BCUT2D eigenvalue weighted by Crippen LogP contribution is -2.46. The Bertz CT molecular complexity index is 643. The maximum Gasteiger partial charge on any atom is 0.226 e. The average Bonchev–Trinajstić information content (AvgIpc) is 3.03. The second kappa shape index (κ2) is 7.23. The largest absolute Gasteiger partial charge is 0.444 e. The van der Waals surface area contributed by atoms with Gasteiger partial charge in [0.25, 0.3) is 0 Å². The van der Waals surface area contributed by atoms with Gasteiger partial charge in [-0.3, -0.25) is 4.90 Å². The van der Waals surface area contributed by atoms with Crippen LogP contribution in [0.15, 0.2) is 34.9 Å². The van der Waals surface area contributed by atoms with Crippen LogP contribution in [0.5, 0.6) is 0 Å². The summed E-state index contributed by atoms with van der Waals surface area (Å²) >= 11 is 0. The van der Waals surface area contributed by atoms with Crippen molar-refractivity contribution in [3.63, 3.8) is 0 Å². The van der Waals surface area contributed by atoms with Crippen molar-refractivity contribution < 1.29 is 13.9 Å². The fourth-order valence-electron chi connectivity index (χ4n) is 3.26. The molecule has 1 aliphatic heterocycles. The molecule has 0 saturated carbocycles. The van der Waals surface area contributed by atoms with E-state index in [9.17, 15) is 9.50 Å². The predicted octanol–water partition coefficient (Wildman–Crippen LogP) is 3.61. The molecule has 0 spiro atoms. The van der Waals surface area contributed by atoms with Gasteiger partial charge in [0.2, 0.25) is 5.89 Å². The Morgan fingerprint density at radius 2 is 2.30 bits per heavy atom. The number of likely N-dealkylation sites (tertiary alicyclic amines) is 1. The Morgan fingerprint density at radius 3 is 3.09 bits per heavy atom. The van der Waals surface area contributed by atoms with Crippen molar-refractivity contribution in [1.29, 1.82) is 0 Å². The Morgan fingerprint density at radius 1 is 1.43 bits per heavy atom. The number of hydrogen-bond acceptors (Lipinski definition) is 4. The van der Waals surface area contributed by atoms with Crippen LogP contribution in [0.1, 0.15) is 38.3 Å². The van der Waals surface area contributed by atoms with Crippen LogP contribution in [0, 0.1) is 5.82 Å². The molecule has 2 aromatic rings. The summed E-state index contributed by atoms with van der Waals surface area (Å²) in [5.41, 5.74) is 1.46. The van der Waals surface area contributed by atoms with Crippen molar-refractivity contribution in [1.82, 2.24) is 9.88 Å². The van der Waals surface area contributed by atoms with Crippen LogP contribution in [-0.4, -0.2) is 33.7 Å². The van der Waals surface area contributed by atoms with Gasteiger partial charge in [-0.15, -0.1) is 0 Å². The summed E-state index contributed by atoms with van der Waals surface area (Å²) in [6, 6.07) is 6.43. The van der Waals surface area contributed by atoms with Crippen molar-refractivity contribution in [2.45, 2.75) is 51.3 Å². The van der Waals surface area contributed by atoms with Gasteiger partial charge in [0.15, 0.2) is 0 Å². The molecule has 1 aromatic carbocycles. The molecular weight excluding hydrogens is 295 g/mol. The predicted molar refractivity (Wildman–Crippen MR) is 86.2 cm³/mol. The van der Waals surface area contributed by atoms with Crippen LogP contribution in [0.2, 0.25) is 0 Å². The normalized spacial score (nSPS) is 20.6. The number of oxazole rings is 1. The molecule has 1 aliphatic rings. The third-order valence-corrected chi connectivity index (χ3v) is 4.52. The lowest BCUT2D eigenvalue weighted by molar-refractivity contribution is 0.0189. The zero-order valence-electron chi connectivity index (χ0n) is 13.4. The van der Waals surface area contributed by atoms with Gasteiger partial charge >= 0.3 is 0 Å². The van der Waals surface area contributed by atoms with E-state index in [1.54, 1.807) is 18.4 Å². The van der Waals surface area contributed by atoms with Crippen molar-refractivity contribution in [3.8, 4) is 11.5 Å². The van der Waals surface area contributed by atoms with Crippen LogP contribution in [0.25, 0.3) is 11.5 Å². The molecule has 5 heteroatoms. The van der Waals surface area contributed by atoms with Gasteiger partial charge in [-0.05, 0) is 44.0 Å². The van der Waals surface area contributed by atoms with E-state index in [0.717, 1.165) is 37.9 Å². The summed E-state index contributed by atoms with van der Waals surface area (Å²) in [5.74, 6) is 0.133. The van der Waals surface area contributed by atoms with E-state index in [1.165, 1.54) is 12.1 Å². The first-order chi connectivity index (χ1) is 11.2. The first-order valence-electron chi connectivity index (χ1n) is 8.30. The second-order valence-electron chi connectivity index (χ2n) is 6.16. The minimum atomic E-state index is -0.301. The first kappa shape index (κ1) is 16.1. The summed E-state index contributed by atoms with van der Waals surface area (Å²) in [6.45, 7) is 3.63. The maximum absolute atomic E-state index is 13.3. The molecule has 3 rings (SSSR count). The number of nitrogens with zero attached hydrogens (tertiary/aromatic N) is 2. The smallest absolute Gasteiger partial charge is 0.226 e. The minimum absolute atomic E-state index is 0.183. The van der Waals surface area contributed by atoms with Gasteiger partial charge in [-0.1, -0.05) is 19.4 Å². The van der Waals surface area contributed by atoms with Crippen LogP contribution in [0.3, 0.4) is 0 Å². The molecule has 0 amide bonds. The Labute approximate surface area is 136 Å². The molecule has 1 fully saturated rings. The SMILES string of the molecule is CCC(O)C1CCCCN1Cc1coc(-c2cccc(F)c2)n1. The molecular formula is C18H23FN2O2. The summed E-state index contributed by atoms with van der Waals surface area (Å²) in [6.07, 6.45) is 5.40. The van der Waals surface area contributed by atoms with Gasteiger partial charge in [-0.25, -0.2) is 9.37 Å². The highest BCUT2D eigenvalue weighted by molar-refractivity contribution is 5.52. The number of aliphatic hydroxyl groups excluding tert-OH is 1. The highest BCUT2D eigenvalue weighted by Gasteiger charge is 2.28. The molecule has 2 atom stereocenters. The fraction of sp³-hybridized carbons (Fsp3) is 0.500. The van der Waals surface area contributed by atoms with Crippen LogP contribution in [-0.2, 0) is 6.54 Å². The van der Waals surface area contributed by atoms with Crippen molar-refractivity contribution in [3.05, 3.63) is 42.0 Å². The lowest BCUT2D eigenvalue weighted by Gasteiger charge is -2.37. The Hall–Kier alpha value is -1.72.